The van der Waals surface area contributed by atoms with Crippen molar-refractivity contribution in [2.75, 3.05) is 0 Å². The van der Waals surface area contributed by atoms with Gasteiger partial charge in [0, 0.05) is 11.3 Å². The van der Waals surface area contributed by atoms with Crippen molar-refractivity contribution in [2.45, 2.75) is 26.7 Å². The normalized spacial score (nSPS) is 13.4. The highest BCUT2D eigenvalue weighted by atomic mass is 15.0. The monoisotopic (exact) mass is 248 g/mol. The van der Waals surface area contributed by atoms with Gasteiger partial charge in [-0.2, -0.15) is 0 Å². The van der Waals surface area contributed by atoms with Crippen LogP contribution >= 0.6 is 0 Å². The molecule has 2 heteroatoms. The Bertz CT molecular complexity index is 796. The van der Waals surface area contributed by atoms with E-state index in [1.165, 1.54) is 33.8 Å². The van der Waals surface area contributed by atoms with E-state index in [1.807, 2.05) is 0 Å². The van der Waals surface area contributed by atoms with E-state index in [-0.39, 0.29) is 0 Å². The van der Waals surface area contributed by atoms with Gasteiger partial charge in [0.2, 0.25) is 0 Å². The molecule has 0 radical (unpaired) electrons. The second-order valence-corrected chi connectivity index (χ2v) is 5.43. The van der Waals surface area contributed by atoms with Crippen molar-refractivity contribution in [3.05, 3.63) is 58.9 Å². The van der Waals surface area contributed by atoms with Crippen LogP contribution in [0.3, 0.4) is 0 Å². The Morgan fingerprint density at radius 2 is 1.89 bits per heavy atom. The van der Waals surface area contributed by atoms with Crippen molar-refractivity contribution >= 4 is 5.65 Å². The first kappa shape index (κ1) is 10.8. The maximum Gasteiger partial charge on any atom is 0.137 e. The average molecular weight is 248 g/mol. The molecule has 0 atom stereocenters. The molecule has 0 aliphatic heterocycles. The van der Waals surface area contributed by atoms with Crippen LogP contribution in [0.25, 0.3) is 16.9 Å². The van der Waals surface area contributed by atoms with E-state index in [2.05, 4.69) is 54.6 Å². The Balaban J connectivity index is 2.15. The molecule has 0 saturated heterocycles. The summed E-state index contributed by atoms with van der Waals surface area (Å²) in [6, 6.07) is 13.1. The van der Waals surface area contributed by atoms with Crippen LogP contribution in [0.1, 0.15) is 22.5 Å². The number of imidazole rings is 1. The molecule has 0 unspecified atom stereocenters. The van der Waals surface area contributed by atoms with Crippen LogP contribution in [-0.2, 0) is 12.8 Å². The van der Waals surface area contributed by atoms with E-state index < -0.39 is 0 Å². The van der Waals surface area contributed by atoms with Gasteiger partial charge in [0.25, 0.3) is 0 Å². The number of rotatable bonds is 0. The molecule has 1 aliphatic rings. The molecule has 4 rings (SSSR count). The lowest BCUT2D eigenvalue weighted by Gasteiger charge is -2.16. The highest BCUT2D eigenvalue weighted by Gasteiger charge is 2.21. The van der Waals surface area contributed by atoms with Crippen molar-refractivity contribution in [1.29, 1.82) is 0 Å². The van der Waals surface area contributed by atoms with E-state index in [1.54, 1.807) is 0 Å². The summed E-state index contributed by atoms with van der Waals surface area (Å²) in [5.41, 5.74) is 8.96. The quantitative estimate of drug-likeness (QED) is 0.592. The van der Waals surface area contributed by atoms with E-state index in [9.17, 15) is 0 Å². The highest BCUT2D eigenvalue weighted by Crippen LogP contribution is 2.34. The molecule has 1 aliphatic carbocycles. The number of benzene rings is 1. The Morgan fingerprint density at radius 1 is 1.05 bits per heavy atom. The van der Waals surface area contributed by atoms with Gasteiger partial charge in [-0.1, -0.05) is 24.3 Å². The summed E-state index contributed by atoms with van der Waals surface area (Å²) >= 11 is 0. The standard InChI is InChI=1S/C17H16N2/c1-11-9-12(2)19-16(10-11)18-15-8-7-13-5-3-4-6-14(13)17(15)19/h3-6,9-10H,7-8H2,1-2H3. The van der Waals surface area contributed by atoms with Crippen LogP contribution in [-0.4, -0.2) is 9.38 Å². The number of aromatic nitrogens is 2. The van der Waals surface area contributed by atoms with E-state index in [0.717, 1.165) is 18.5 Å². The van der Waals surface area contributed by atoms with Crippen molar-refractivity contribution < 1.29 is 0 Å². The van der Waals surface area contributed by atoms with Crippen LogP contribution in [0, 0.1) is 13.8 Å². The second-order valence-electron chi connectivity index (χ2n) is 5.43. The lowest BCUT2D eigenvalue weighted by Crippen LogP contribution is -2.05. The van der Waals surface area contributed by atoms with Gasteiger partial charge in [0.1, 0.15) is 5.65 Å². The van der Waals surface area contributed by atoms with Gasteiger partial charge in [-0.15, -0.1) is 0 Å². The molecular formula is C17H16N2. The largest absolute Gasteiger partial charge is 0.297 e. The summed E-state index contributed by atoms with van der Waals surface area (Å²) in [5.74, 6) is 0. The smallest absolute Gasteiger partial charge is 0.137 e. The first-order valence-corrected chi connectivity index (χ1v) is 6.81. The third kappa shape index (κ3) is 1.46. The van der Waals surface area contributed by atoms with E-state index in [0.29, 0.717) is 0 Å². The molecular weight excluding hydrogens is 232 g/mol. The fourth-order valence-electron chi connectivity index (χ4n) is 3.25. The summed E-state index contributed by atoms with van der Waals surface area (Å²) in [6.07, 6.45) is 2.15. The van der Waals surface area contributed by atoms with Crippen LogP contribution in [0.4, 0.5) is 0 Å². The molecule has 19 heavy (non-hydrogen) atoms. The average Bonchev–Trinajstić information content (AvgIpc) is 2.77. The zero-order valence-corrected chi connectivity index (χ0v) is 11.3. The minimum Gasteiger partial charge on any atom is -0.297 e. The van der Waals surface area contributed by atoms with Crippen molar-refractivity contribution in [3.8, 4) is 11.3 Å². The Hall–Kier alpha value is -2.09. The maximum atomic E-state index is 4.84. The van der Waals surface area contributed by atoms with E-state index in [4.69, 9.17) is 4.98 Å². The van der Waals surface area contributed by atoms with E-state index >= 15 is 0 Å². The Kier molecular flexibility index (Phi) is 2.10. The van der Waals surface area contributed by atoms with Crippen LogP contribution in [0.2, 0.25) is 0 Å². The fraction of sp³-hybridized carbons (Fsp3) is 0.235. The molecule has 94 valence electrons. The predicted octanol–water partition coefficient (Wildman–Crippen LogP) is 3.72. The van der Waals surface area contributed by atoms with Gasteiger partial charge in [-0.3, -0.25) is 4.40 Å². The molecule has 0 fully saturated rings. The molecule has 2 heterocycles. The van der Waals surface area contributed by atoms with Gasteiger partial charge in [-0.25, -0.2) is 4.98 Å². The van der Waals surface area contributed by atoms with Crippen LogP contribution in [0.15, 0.2) is 36.4 Å². The number of hydrogen-bond donors (Lipinski definition) is 0. The zero-order chi connectivity index (χ0) is 13.0. The van der Waals surface area contributed by atoms with Gasteiger partial charge < -0.3 is 0 Å². The Labute approximate surface area is 112 Å². The molecule has 1 aromatic carbocycles. The molecule has 0 saturated carbocycles. The molecule has 3 aromatic rings. The maximum absolute atomic E-state index is 4.84. The fourth-order valence-corrected chi connectivity index (χ4v) is 3.25. The number of aryl methyl sites for hydroxylation is 4. The number of nitrogens with zero attached hydrogens (tertiary/aromatic N) is 2. The third-order valence-corrected chi connectivity index (χ3v) is 4.03. The van der Waals surface area contributed by atoms with Crippen LogP contribution in [0.5, 0.6) is 0 Å². The second kappa shape index (κ2) is 3.70. The SMILES string of the molecule is Cc1cc(C)n2c3c(nc2c1)CCc1ccccc1-3. The molecule has 2 nitrogen and oxygen atoms in total. The summed E-state index contributed by atoms with van der Waals surface area (Å²) in [6.45, 7) is 4.30. The first-order valence-electron chi connectivity index (χ1n) is 6.81. The van der Waals surface area contributed by atoms with Gasteiger partial charge in [-0.05, 0) is 49.9 Å². The molecule has 0 amide bonds. The summed E-state index contributed by atoms with van der Waals surface area (Å²) < 4.78 is 2.31. The molecule has 0 spiro atoms. The number of pyridine rings is 1. The van der Waals surface area contributed by atoms with Crippen LogP contribution < -0.4 is 0 Å². The van der Waals surface area contributed by atoms with Crippen molar-refractivity contribution in [3.63, 3.8) is 0 Å². The summed E-state index contributed by atoms with van der Waals surface area (Å²) in [7, 11) is 0. The summed E-state index contributed by atoms with van der Waals surface area (Å²) in [4.78, 5) is 4.84. The summed E-state index contributed by atoms with van der Waals surface area (Å²) in [5, 5.41) is 0. The van der Waals surface area contributed by atoms with Crippen molar-refractivity contribution in [1.82, 2.24) is 9.38 Å². The lowest BCUT2D eigenvalue weighted by molar-refractivity contribution is 0.906. The third-order valence-electron chi connectivity index (χ3n) is 4.03. The highest BCUT2D eigenvalue weighted by molar-refractivity contribution is 5.73. The Morgan fingerprint density at radius 3 is 2.79 bits per heavy atom. The first-order chi connectivity index (χ1) is 9.24. The zero-order valence-electron chi connectivity index (χ0n) is 11.3. The molecule has 2 aromatic heterocycles. The van der Waals surface area contributed by atoms with Gasteiger partial charge in [0.05, 0.1) is 11.4 Å². The minimum atomic E-state index is 1.05. The number of fused-ring (bicyclic) bond motifs is 5. The van der Waals surface area contributed by atoms with Gasteiger partial charge >= 0.3 is 0 Å². The minimum absolute atomic E-state index is 1.05. The van der Waals surface area contributed by atoms with Gasteiger partial charge in [0.15, 0.2) is 0 Å². The predicted molar refractivity (Wildman–Crippen MR) is 77.5 cm³/mol. The lowest BCUT2D eigenvalue weighted by atomic mass is 9.92. The van der Waals surface area contributed by atoms with Crippen molar-refractivity contribution in [2.24, 2.45) is 0 Å². The number of hydrogen-bond acceptors (Lipinski definition) is 1. The molecule has 0 N–H and O–H groups in total. The molecule has 0 bridgehead atoms. The topological polar surface area (TPSA) is 17.3 Å².